The van der Waals surface area contributed by atoms with Crippen molar-refractivity contribution in [2.75, 3.05) is 11.9 Å². The summed E-state index contributed by atoms with van der Waals surface area (Å²) in [5.41, 5.74) is 1.50. The van der Waals surface area contributed by atoms with Crippen molar-refractivity contribution in [1.29, 1.82) is 0 Å². The zero-order valence-corrected chi connectivity index (χ0v) is 9.39. The number of carbonyl (C=O) groups is 1. The van der Waals surface area contributed by atoms with Crippen LogP contribution in [0.5, 0.6) is 0 Å². The summed E-state index contributed by atoms with van der Waals surface area (Å²) in [5.74, 6) is -0.0998. The molecule has 1 aromatic heterocycles. The summed E-state index contributed by atoms with van der Waals surface area (Å²) in [6, 6.07) is 9.47. The first-order valence-electron chi connectivity index (χ1n) is 5.56. The first-order chi connectivity index (χ1) is 8.31. The van der Waals surface area contributed by atoms with Gasteiger partial charge in [0.05, 0.1) is 11.2 Å². The van der Waals surface area contributed by atoms with Crippen molar-refractivity contribution in [3.63, 3.8) is 0 Å². The molecule has 0 unspecified atom stereocenters. The lowest BCUT2D eigenvalue weighted by molar-refractivity contribution is -0.116. The van der Waals surface area contributed by atoms with Crippen molar-refractivity contribution in [1.82, 2.24) is 4.98 Å². The van der Waals surface area contributed by atoms with E-state index in [2.05, 4.69) is 10.3 Å². The molecule has 0 aliphatic heterocycles. The Kier molecular flexibility index (Phi) is 3.67. The zero-order chi connectivity index (χ0) is 12.1. The lowest BCUT2D eigenvalue weighted by Gasteiger charge is -2.07. The van der Waals surface area contributed by atoms with Crippen LogP contribution in [0.25, 0.3) is 10.9 Å². The normalized spacial score (nSPS) is 10.4. The van der Waals surface area contributed by atoms with Crippen LogP contribution < -0.4 is 5.32 Å². The molecule has 0 aliphatic rings. The summed E-state index contributed by atoms with van der Waals surface area (Å²) >= 11 is 0. The van der Waals surface area contributed by atoms with Crippen molar-refractivity contribution >= 4 is 22.5 Å². The molecule has 2 N–H and O–H groups in total. The van der Waals surface area contributed by atoms with Gasteiger partial charge in [-0.1, -0.05) is 18.2 Å². The molecular weight excluding hydrogens is 216 g/mol. The van der Waals surface area contributed by atoms with E-state index in [0.717, 1.165) is 10.9 Å². The fraction of sp³-hybridized carbons (Fsp3) is 0.231. The van der Waals surface area contributed by atoms with Gasteiger partial charge in [0.1, 0.15) is 0 Å². The van der Waals surface area contributed by atoms with E-state index in [4.69, 9.17) is 5.11 Å². The minimum atomic E-state index is -0.0998. The van der Waals surface area contributed by atoms with E-state index in [1.54, 1.807) is 6.20 Å². The fourth-order valence-corrected chi connectivity index (χ4v) is 1.66. The number of fused-ring (bicyclic) bond motifs is 1. The van der Waals surface area contributed by atoms with Gasteiger partial charge in [-0.15, -0.1) is 0 Å². The van der Waals surface area contributed by atoms with Crippen LogP contribution in [0.4, 0.5) is 5.69 Å². The monoisotopic (exact) mass is 230 g/mol. The second-order valence-electron chi connectivity index (χ2n) is 3.76. The molecule has 88 valence electrons. The predicted octanol–water partition coefficient (Wildman–Crippen LogP) is 1.95. The Morgan fingerprint density at radius 1 is 1.29 bits per heavy atom. The summed E-state index contributed by atoms with van der Waals surface area (Å²) in [7, 11) is 0. The predicted molar refractivity (Wildman–Crippen MR) is 66.7 cm³/mol. The Morgan fingerprint density at radius 2 is 2.12 bits per heavy atom. The Morgan fingerprint density at radius 3 is 2.94 bits per heavy atom. The SMILES string of the molecule is O=C(CCCO)Nc1cccc2cccnc12. The Labute approximate surface area is 99.3 Å². The molecule has 1 heterocycles. The summed E-state index contributed by atoms with van der Waals surface area (Å²) in [6.07, 6.45) is 2.50. The number of carbonyl (C=O) groups excluding carboxylic acids is 1. The maximum Gasteiger partial charge on any atom is 0.224 e. The third kappa shape index (κ3) is 2.79. The summed E-state index contributed by atoms with van der Waals surface area (Å²) in [4.78, 5) is 15.8. The van der Waals surface area contributed by atoms with Crippen molar-refractivity contribution in [3.05, 3.63) is 36.5 Å². The molecule has 17 heavy (non-hydrogen) atoms. The summed E-state index contributed by atoms with van der Waals surface area (Å²) in [6.45, 7) is 0.0290. The highest BCUT2D eigenvalue weighted by Crippen LogP contribution is 2.20. The third-order valence-electron chi connectivity index (χ3n) is 2.47. The lowest BCUT2D eigenvalue weighted by atomic mass is 10.2. The molecule has 0 aliphatic carbocycles. The number of anilines is 1. The van der Waals surface area contributed by atoms with Crippen LogP contribution in [0.3, 0.4) is 0 Å². The maximum absolute atomic E-state index is 11.6. The largest absolute Gasteiger partial charge is 0.396 e. The Bertz CT molecular complexity index is 520. The molecule has 0 spiro atoms. The van der Waals surface area contributed by atoms with Gasteiger partial charge in [-0.25, -0.2) is 0 Å². The number of rotatable bonds is 4. The number of para-hydroxylation sites is 1. The van der Waals surface area contributed by atoms with E-state index in [1.807, 2.05) is 30.3 Å². The molecule has 0 fully saturated rings. The molecule has 0 saturated heterocycles. The summed E-state index contributed by atoms with van der Waals surface area (Å²) in [5, 5.41) is 12.5. The number of aliphatic hydroxyl groups is 1. The standard InChI is InChI=1S/C13H14N2O2/c16-9-3-7-12(17)15-11-6-1-4-10-5-2-8-14-13(10)11/h1-2,4-6,8,16H,3,7,9H2,(H,15,17). The highest BCUT2D eigenvalue weighted by atomic mass is 16.3. The van der Waals surface area contributed by atoms with Gasteiger partial charge in [-0.2, -0.15) is 0 Å². The fourth-order valence-electron chi connectivity index (χ4n) is 1.66. The number of aromatic nitrogens is 1. The Hall–Kier alpha value is -1.94. The van der Waals surface area contributed by atoms with Crippen LogP contribution in [0.2, 0.25) is 0 Å². The minimum Gasteiger partial charge on any atom is -0.396 e. The molecule has 2 aromatic rings. The first kappa shape index (κ1) is 11.5. The van der Waals surface area contributed by atoms with E-state index >= 15 is 0 Å². The smallest absolute Gasteiger partial charge is 0.224 e. The molecule has 4 nitrogen and oxygen atoms in total. The van der Waals surface area contributed by atoms with Crippen molar-refractivity contribution in [2.24, 2.45) is 0 Å². The van der Waals surface area contributed by atoms with E-state index in [-0.39, 0.29) is 12.5 Å². The molecule has 0 saturated carbocycles. The maximum atomic E-state index is 11.6. The number of hydrogen-bond donors (Lipinski definition) is 2. The van der Waals surface area contributed by atoms with Crippen molar-refractivity contribution in [2.45, 2.75) is 12.8 Å². The van der Waals surface area contributed by atoms with Crippen LogP contribution in [0, 0.1) is 0 Å². The number of nitrogens with one attached hydrogen (secondary N) is 1. The van der Waals surface area contributed by atoms with Gasteiger partial charge in [0.15, 0.2) is 0 Å². The average molecular weight is 230 g/mol. The van der Waals surface area contributed by atoms with Crippen LogP contribution in [0.1, 0.15) is 12.8 Å². The highest BCUT2D eigenvalue weighted by Gasteiger charge is 2.05. The molecule has 1 amide bonds. The van der Waals surface area contributed by atoms with Gasteiger partial charge in [-0.3, -0.25) is 9.78 Å². The first-order valence-corrected chi connectivity index (χ1v) is 5.56. The zero-order valence-electron chi connectivity index (χ0n) is 9.39. The van der Waals surface area contributed by atoms with E-state index in [1.165, 1.54) is 0 Å². The van der Waals surface area contributed by atoms with Crippen LogP contribution in [-0.4, -0.2) is 22.6 Å². The quantitative estimate of drug-likeness (QED) is 0.843. The molecule has 0 radical (unpaired) electrons. The van der Waals surface area contributed by atoms with E-state index in [9.17, 15) is 4.79 Å². The van der Waals surface area contributed by atoms with Gasteiger partial charge < -0.3 is 10.4 Å². The van der Waals surface area contributed by atoms with E-state index in [0.29, 0.717) is 18.5 Å². The lowest BCUT2D eigenvalue weighted by Crippen LogP contribution is -2.12. The van der Waals surface area contributed by atoms with Gasteiger partial charge in [0.2, 0.25) is 5.91 Å². The van der Waals surface area contributed by atoms with Gasteiger partial charge in [-0.05, 0) is 18.6 Å². The average Bonchev–Trinajstić information content (AvgIpc) is 2.37. The van der Waals surface area contributed by atoms with Gasteiger partial charge >= 0.3 is 0 Å². The van der Waals surface area contributed by atoms with Crippen molar-refractivity contribution < 1.29 is 9.90 Å². The van der Waals surface area contributed by atoms with Crippen LogP contribution >= 0.6 is 0 Å². The second kappa shape index (κ2) is 5.41. The molecule has 0 atom stereocenters. The number of nitrogens with zero attached hydrogens (tertiary/aromatic N) is 1. The minimum absolute atomic E-state index is 0.0290. The number of pyridine rings is 1. The number of hydrogen-bond acceptors (Lipinski definition) is 3. The van der Waals surface area contributed by atoms with Crippen LogP contribution in [0.15, 0.2) is 36.5 Å². The van der Waals surface area contributed by atoms with E-state index < -0.39 is 0 Å². The third-order valence-corrected chi connectivity index (χ3v) is 2.47. The summed E-state index contributed by atoms with van der Waals surface area (Å²) < 4.78 is 0. The topological polar surface area (TPSA) is 62.2 Å². The number of aliphatic hydroxyl groups excluding tert-OH is 1. The van der Waals surface area contributed by atoms with Gasteiger partial charge in [0.25, 0.3) is 0 Å². The van der Waals surface area contributed by atoms with Gasteiger partial charge in [0, 0.05) is 24.6 Å². The molecular formula is C13H14N2O2. The number of benzene rings is 1. The number of amides is 1. The molecule has 0 bridgehead atoms. The molecule has 4 heteroatoms. The molecule has 2 rings (SSSR count). The highest BCUT2D eigenvalue weighted by molar-refractivity contribution is 6.00. The van der Waals surface area contributed by atoms with Crippen LogP contribution in [-0.2, 0) is 4.79 Å². The second-order valence-corrected chi connectivity index (χ2v) is 3.76. The molecule has 1 aromatic carbocycles. The van der Waals surface area contributed by atoms with Crippen molar-refractivity contribution in [3.8, 4) is 0 Å². The Balaban J connectivity index is 2.21.